The molecule has 154 valence electrons. The van der Waals surface area contributed by atoms with E-state index in [1.807, 2.05) is 4.90 Å². The smallest absolute Gasteiger partial charge is 0.371 e. The summed E-state index contributed by atoms with van der Waals surface area (Å²) in [5.41, 5.74) is 0.298. The molecule has 9 heteroatoms. The molecule has 2 aromatic carbocycles. The fourth-order valence-electron chi connectivity index (χ4n) is 3.74. The first-order valence-corrected chi connectivity index (χ1v) is 9.02. The van der Waals surface area contributed by atoms with Gasteiger partial charge in [0.2, 0.25) is 0 Å². The zero-order valence-corrected chi connectivity index (χ0v) is 15.2. The highest BCUT2D eigenvalue weighted by molar-refractivity contribution is 5.98. The van der Waals surface area contributed by atoms with E-state index in [1.165, 1.54) is 6.07 Å². The summed E-state index contributed by atoms with van der Waals surface area (Å²) in [7, 11) is 0. The number of amides is 1. The number of ether oxygens (including phenoxy) is 1. The monoisotopic (exact) mass is 412 g/mol. The molecule has 1 fully saturated rings. The van der Waals surface area contributed by atoms with Crippen LogP contribution in [0.2, 0.25) is 0 Å². The minimum atomic E-state index is -4.63. The fraction of sp³-hybridized carbons (Fsp3) is 0.350. The van der Waals surface area contributed by atoms with Gasteiger partial charge in [0.1, 0.15) is 11.6 Å². The number of halogens is 5. The second-order valence-electron chi connectivity index (χ2n) is 7.16. The Morgan fingerprint density at radius 1 is 1.14 bits per heavy atom. The van der Waals surface area contributed by atoms with Crippen LogP contribution in [0, 0.1) is 11.6 Å². The fourth-order valence-corrected chi connectivity index (χ4v) is 3.74. The normalized spacial score (nSPS) is 19.9. The van der Waals surface area contributed by atoms with E-state index in [0.717, 1.165) is 12.1 Å². The van der Waals surface area contributed by atoms with E-state index in [0.29, 0.717) is 36.9 Å². The van der Waals surface area contributed by atoms with Crippen molar-refractivity contribution in [2.75, 3.05) is 19.7 Å². The molecule has 2 aliphatic rings. The second-order valence-corrected chi connectivity index (χ2v) is 7.16. The molecule has 0 unspecified atom stereocenters. The lowest BCUT2D eigenvalue weighted by molar-refractivity contribution is -0.137. The van der Waals surface area contributed by atoms with Gasteiger partial charge in [-0.1, -0.05) is 6.07 Å². The molecule has 4 rings (SSSR count). The summed E-state index contributed by atoms with van der Waals surface area (Å²) in [6, 6.07) is 5.43. The van der Waals surface area contributed by atoms with Crippen LogP contribution in [0.4, 0.5) is 22.0 Å². The summed E-state index contributed by atoms with van der Waals surface area (Å²) in [6.07, 6.45) is -5.13. The van der Waals surface area contributed by atoms with Gasteiger partial charge in [-0.15, -0.1) is 0 Å². The van der Waals surface area contributed by atoms with E-state index in [4.69, 9.17) is 4.74 Å². The molecule has 0 bridgehead atoms. The van der Waals surface area contributed by atoms with E-state index in [2.05, 4.69) is 5.32 Å². The molecule has 0 aliphatic carbocycles. The zero-order valence-electron chi connectivity index (χ0n) is 15.2. The Hall–Kier alpha value is -2.52. The third-order valence-electron chi connectivity index (χ3n) is 5.07. The Labute approximate surface area is 163 Å². The molecule has 1 atom stereocenters. The van der Waals surface area contributed by atoms with Crippen molar-refractivity contribution in [3.63, 3.8) is 0 Å². The molecule has 4 nitrogen and oxygen atoms in total. The number of nitrogens with zero attached hydrogens (tertiary/aromatic N) is 1. The van der Waals surface area contributed by atoms with Gasteiger partial charge in [0.25, 0.3) is 5.91 Å². The molecule has 0 radical (unpaired) electrons. The average molecular weight is 412 g/mol. The summed E-state index contributed by atoms with van der Waals surface area (Å²) in [6.45, 7) is 1.38. The Balaban J connectivity index is 1.52. The van der Waals surface area contributed by atoms with Crippen molar-refractivity contribution < 1.29 is 31.5 Å². The van der Waals surface area contributed by atoms with Crippen molar-refractivity contribution in [1.29, 1.82) is 0 Å². The van der Waals surface area contributed by atoms with Crippen molar-refractivity contribution in [1.82, 2.24) is 10.2 Å². The minimum absolute atomic E-state index is 0.0286. The van der Waals surface area contributed by atoms with Gasteiger partial charge in [-0.3, -0.25) is 9.69 Å². The van der Waals surface area contributed by atoms with Crippen LogP contribution in [-0.4, -0.2) is 30.5 Å². The van der Waals surface area contributed by atoms with Crippen LogP contribution in [0.15, 0.2) is 30.3 Å². The highest BCUT2D eigenvalue weighted by Crippen LogP contribution is 2.32. The lowest BCUT2D eigenvalue weighted by Gasteiger charge is -2.33. The highest BCUT2D eigenvalue weighted by Gasteiger charge is 2.32. The summed E-state index contributed by atoms with van der Waals surface area (Å²) < 4.78 is 72.4. The van der Waals surface area contributed by atoms with Crippen LogP contribution in [0.25, 0.3) is 0 Å². The van der Waals surface area contributed by atoms with Crippen molar-refractivity contribution >= 4 is 5.91 Å². The molecular formula is C20H17F5N2O2. The van der Waals surface area contributed by atoms with Crippen LogP contribution in [0.3, 0.4) is 0 Å². The first-order chi connectivity index (χ1) is 13.7. The molecule has 0 saturated carbocycles. The molecule has 29 heavy (non-hydrogen) atoms. The highest BCUT2D eigenvalue weighted by atomic mass is 19.4. The molecule has 2 heterocycles. The minimum Gasteiger partial charge on any atom is -0.371 e. The van der Waals surface area contributed by atoms with Crippen molar-refractivity contribution in [2.45, 2.75) is 25.4 Å². The largest absolute Gasteiger partial charge is 0.416 e. The summed E-state index contributed by atoms with van der Waals surface area (Å²) >= 11 is 0. The predicted molar refractivity (Wildman–Crippen MR) is 92.9 cm³/mol. The number of fused-ring (bicyclic) bond motifs is 1. The summed E-state index contributed by atoms with van der Waals surface area (Å²) in [5, 5.41) is 2.56. The molecule has 1 saturated heterocycles. The van der Waals surface area contributed by atoms with Gasteiger partial charge < -0.3 is 10.1 Å². The second kappa shape index (κ2) is 7.38. The summed E-state index contributed by atoms with van der Waals surface area (Å²) in [4.78, 5) is 13.5. The number of alkyl halides is 3. The van der Waals surface area contributed by atoms with Crippen LogP contribution >= 0.6 is 0 Å². The number of morpholine rings is 1. The molecule has 1 N–H and O–H groups in total. The number of carbonyl (C=O) groups is 1. The van der Waals surface area contributed by atoms with Gasteiger partial charge in [-0.25, -0.2) is 8.78 Å². The number of rotatable bonds is 3. The number of carbonyl (C=O) groups excluding carboxylic acids is 1. The standard InChI is InChI=1S/C20H17F5N2O2/c21-15-4-11(3-14(7-15)20(23,24)25)9-27-1-2-29-17(10-27)12-5-13-8-26-19(28)18(13)16(22)6-12/h3-7,17H,1-2,8-10H2,(H,26,28)/t17-/m1/s1. The lowest BCUT2D eigenvalue weighted by Crippen LogP contribution is -2.38. The van der Waals surface area contributed by atoms with E-state index in [1.54, 1.807) is 6.07 Å². The van der Waals surface area contributed by atoms with Gasteiger partial charge >= 0.3 is 6.18 Å². The first kappa shape index (κ1) is 19.8. The predicted octanol–water partition coefficient (Wildman–Crippen LogP) is 3.80. The molecular weight excluding hydrogens is 395 g/mol. The Bertz CT molecular complexity index is 961. The Morgan fingerprint density at radius 2 is 1.93 bits per heavy atom. The quantitative estimate of drug-likeness (QED) is 0.780. The third kappa shape index (κ3) is 4.11. The van der Waals surface area contributed by atoms with Gasteiger partial charge in [0.05, 0.1) is 23.8 Å². The maximum atomic E-state index is 14.3. The summed E-state index contributed by atoms with van der Waals surface area (Å²) in [5.74, 6) is -2.03. The van der Waals surface area contributed by atoms with Crippen molar-refractivity contribution in [3.8, 4) is 0 Å². The number of nitrogens with one attached hydrogen (secondary N) is 1. The lowest BCUT2D eigenvalue weighted by atomic mass is 10.0. The maximum absolute atomic E-state index is 14.3. The van der Waals surface area contributed by atoms with Crippen molar-refractivity contribution in [3.05, 3.63) is 69.8 Å². The van der Waals surface area contributed by atoms with Gasteiger partial charge in [-0.2, -0.15) is 13.2 Å². The molecule has 0 aromatic heterocycles. The Morgan fingerprint density at radius 3 is 2.69 bits per heavy atom. The van der Waals surface area contributed by atoms with Crippen molar-refractivity contribution in [2.24, 2.45) is 0 Å². The third-order valence-corrected chi connectivity index (χ3v) is 5.07. The average Bonchev–Trinajstić information content (AvgIpc) is 3.02. The number of hydrogen-bond acceptors (Lipinski definition) is 3. The Kier molecular flexibility index (Phi) is 5.04. The van der Waals surface area contributed by atoms with Gasteiger partial charge in [0, 0.05) is 26.2 Å². The van der Waals surface area contributed by atoms with E-state index in [-0.39, 0.29) is 24.2 Å². The molecule has 2 aromatic rings. The van der Waals surface area contributed by atoms with Crippen LogP contribution in [0.1, 0.15) is 38.7 Å². The SMILES string of the molecule is O=C1NCc2cc([C@H]3CN(Cc4cc(F)cc(C(F)(F)F)c4)CCO3)cc(F)c21. The van der Waals surface area contributed by atoms with Gasteiger partial charge in [-0.05, 0) is 41.0 Å². The number of benzene rings is 2. The maximum Gasteiger partial charge on any atom is 0.416 e. The molecule has 1 amide bonds. The van der Waals surface area contributed by atoms with Gasteiger partial charge in [0.15, 0.2) is 0 Å². The molecule has 2 aliphatic heterocycles. The zero-order chi connectivity index (χ0) is 20.8. The number of hydrogen-bond donors (Lipinski definition) is 1. The van der Waals surface area contributed by atoms with Crippen LogP contribution in [0.5, 0.6) is 0 Å². The van der Waals surface area contributed by atoms with Crippen LogP contribution < -0.4 is 5.32 Å². The first-order valence-electron chi connectivity index (χ1n) is 9.02. The van der Waals surface area contributed by atoms with Crippen LogP contribution in [-0.2, 0) is 24.0 Å². The molecule has 0 spiro atoms. The van der Waals surface area contributed by atoms with E-state index < -0.39 is 35.4 Å². The van der Waals surface area contributed by atoms with E-state index in [9.17, 15) is 26.7 Å². The van der Waals surface area contributed by atoms with E-state index >= 15 is 0 Å². The topological polar surface area (TPSA) is 41.6 Å².